The monoisotopic (exact) mass is 476 g/mol. The van der Waals surface area contributed by atoms with Gasteiger partial charge in [-0.15, -0.1) is 0 Å². The summed E-state index contributed by atoms with van der Waals surface area (Å²) in [5.74, 6) is -0.443. The molecule has 0 saturated carbocycles. The lowest BCUT2D eigenvalue weighted by molar-refractivity contribution is -0.132. The zero-order valence-corrected chi connectivity index (χ0v) is 19.9. The number of likely N-dealkylation sites (N-methyl/N-ethyl adjacent to an activating group) is 1. The van der Waals surface area contributed by atoms with Gasteiger partial charge in [0.25, 0.3) is 11.8 Å². The molecule has 0 radical (unpaired) electrons. The van der Waals surface area contributed by atoms with Crippen LogP contribution in [0.15, 0.2) is 55.0 Å². The maximum absolute atomic E-state index is 13.5. The van der Waals surface area contributed by atoms with Gasteiger partial charge in [-0.25, -0.2) is 4.98 Å². The molecule has 3 aromatic rings. The maximum Gasteiger partial charge on any atom is 0.273 e. The van der Waals surface area contributed by atoms with Gasteiger partial charge < -0.3 is 24.8 Å². The van der Waals surface area contributed by atoms with Crippen LogP contribution in [0.1, 0.15) is 46.1 Å². The number of ether oxygens (including phenoxy) is 1. The standard InChI is InChI=1S/C25H28N6O4/c1-4-31-23(33)21-20(22(32)27-14-18-7-5-6-12-26-18)29-16-30(21)15-25(31,2)24(34)28-13-17-8-10-19(35-3)11-9-17/h5-12,16H,4,13-15H2,1-3H3,(H,27,32)(H,28,34)/t25-/m1/s1. The Morgan fingerprint density at radius 3 is 2.51 bits per heavy atom. The average molecular weight is 477 g/mol. The number of carbonyl (C=O) groups excluding carboxylic acids is 3. The van der Waals surface area contributed by atoms with Crippen molar-refractivity contribution in [1.29, 1.82) is 0 Å². The largest absolute Gasteiger partial charge is 0.497 e. The van der Waals surface area contributed by atoms with Gasteiger partial charge in [0.2, 0.25) is 5.91 Å². The molecule has 0 saturated heterocycles. The molecule has 0 bridgehead atoms. The highest BCUT2D eigenvalue weighted by molar-refractivity contribution is 6.07. The van der Waals surface area contributed by atoms with Crippen molar-refractivity contribution in [3.8, 4) is 5.75 Å². The maximum atomic E-state index is 13.5. The first-order valence-corrected chi connectivity index (χ1v) is 11.3. The second-order valence-electron chi connectivity index (χ2n) is 8.43. The number of rotatable bonds is 8. The molecular weight excluding hydrogens is 448 g/mol. The topological polar surface area (TPSA) is 118 Å². The fourth-order valence-corrected chi connectivity index (χ4v) is 4.22. The van der Waals surface area contributed by atoms with Crippen LogP contribution in [0.3, 0.4) is 0 Å². The molecule has 1 aliphatic rings. The number of nitrogens with zero attached hydrogens (tertiary/aromatic N) is 4. The molecule has 2 N–H and O–H groups in total. The molecule has 0 spiro atoms. The third-order valence-electron chi connectivity index (χ3n) is 6.15. The Kier molecular flexibility index (Phi) is 6.81. The van der Waals surface area contributed by atoms with Crippen LogP contribution < -0.4 is 15.4 Å². The smallest absolute Gasteiger partial charge is 0.273 e. The first kappa shape index (κ1) is 23.9. The summed E-state index contributed by atoms with van der Waals surface area (Å²) in [6, 6.07) is 12.8. The molecule has 1 aliphatic heterocycles. The molecule has 10 heteroatoms. The van der Waals surface area contributed by atoms with Crippen LogP contribution in [-0.4, -0.2) is 56.3 Å². The molecule has 4 rings (SSSR count). The van der Waals surface area contributed by atoms with Crippen molar-refractivity contribution >= 4 is 17.7 Å². The van der Waals surface area contributed by atoms with Crippen molar-refractivity contribution in [3.05, 3.63) is 77.6 Å². The van der Waals surface area contributed by atoms with E-state index in [2.05, 4.69) is 20.6 Å². The average Bonchev–Trinajstić information content (AvgIpc) is 3.30. The fourth-order valence-electron chi connectivity index (χ4n) is 4.22. The van der Waals surface area contributed by atoms with E-state index in [1.807, 2.05) is 30.3 Å². The number of carbonyl (C=O) groups is 3. The number of aromatic nitrogens is 3. The minimum absolute atomic E-state index is 0.0325. The molecule has 3 amide bonds. The van der Waals surface area contributed by atoms with Crippen LogP contribution in [0.2, 0.25) is 0 Å². The van der Waals surface area contributed by atoms with E-state index in [9.17, 15) is 14.4 Å². The minimum atomic E-state index is -1.15. The van der Waals surface area contributed by atoms with Gasteiger partial charge >= 0.3 is 0 Å². The van der Waals surface area contributed by atoms with Gasteiger partial charge in [-0.05, 0) is 43.7 Å². The van der Waals surface area contributed by atoms with Crippen molar-refractivity contribution < 1.29 is 19.1 Å². The highest BCUT2D eigenvalue weighted by Crippen LogP contribution is 2.29. The van der Waals surface area contributed by atoms with Crippen LogP contribution >= 0.6 is 0 Å². The van der Waals surface area contributed by atoms with Crippen molar-refractivity contribution in [2.24, 2.45) is 0 Å². The fraction of sp³-hybridized carbons (Fsp3) is 0.320. The number of imidazole rings is 1. The second-order valence-corrected chi connectivity index (χ2v) is 8.43. The lowest BCUT2D eigenvalue weighted by Gasteiger charge is -2.43. The van der Waals surface area contributed by atoms with E-state index >= 15 is 0 Å². The number of hydrogen-bond donors (Lipinski definition) is 2. The molecule has 182 valence electrons. The summed E-state index contributed by atoms with van der Waals surface area (Å²) in [6.45, 7) is 4.52. The number of hydrogen-bond acceptors (Lipinski definition) is 6. The van der Waals surface area contributed by atoms with E-state index in [1.165, 1.54) is 11.2 Å². The third kappa shape index (κ3) is 4.72. The molecule has 3 heterocycles. The number of amides is 3. The van der Waals surface area contributed by atoms with E-state index < -0.39 is 17.4 Å². The SMILES string of the molecule is CCN1C(=O)c2c(C(=O)NCc3ccccn3)ncn2C[C@]1(C)C(=O)NCc1ccc(OC)cc1. The molecule has 1 aromatic carbocycles. The highest BCUT2D eigenvalue weighted by Gasteiger charge is 2.48. The lowest BCUT2D eigenvalue weighted by Crippen LogP contribution is -2.63. The van der Waals surface area contributed by atoms with Crippen LogP contribution in [0.4, 0.5) is 0 Å². The quantitative estimate of drug-likeness (QED) is 0.512. The molecule has 35 heavy (non-hydrogen) atoms. The summed E-state index contributed by atoms with van der Waals surface area (Å²) in [7, 11) is 1.59. The minimum Gasteiger partial charge on any atom is -0.497 e. The van der Waals surface area contributed by atoms with Gasteiger partial charge in [0.1, 0.15) is 17.0 Å². The van der Waals surface area contributed by atoms with E-state index in [0.29, 0.717) is 18.8 Å². The number of pyridine rings is 1. The Hall–Kier alpha value is -4.21. The number of benzene rings is 1. The summed E-state index contributed by atoms with van der Waals surface area (Å²) in [4.78, 5) is 49.4. The summed E-state index contributed by atoms with van der Waals surface area (Å²) >= 11 is 0. The van der Waals surface area contributed by atoms with Gasteiger partial charge in [-0.1, -0.05) is 18.2 Å². The molecule has 2 aromatic heterocycles. The second kappa shape index (κ2) is 9.96. The normalized spacial score (nSPS) is 17.0. The molecular formula is C25H28N6O4. The predicted octanol–water partition coefficient (Wildman–Crippen LogP) is 1.77. The lowest BCUT2D eigenvalue weighted by atomic mass is 9.94. The molecule has 0 unspecified atom stereocenters. The number of nitrogens with one attached hydrogen (secondary N) is 2. The van der Waals surface area contributed by atoms with Crippen molar-refractivity contribution in [1.82, 2.24) is 30.1 Å². The zero-order valence-electron chi connectivity index (χ0n) is 19.9. The summed E-state index contributed by atoms with van der Waals surface area (Å²) in [5.41, 5.74) is 0.656. The van der Waals surface area contributed by atoms with Crippen molar-refractivity contribution in [2.75, 3.05) is 13.7 Å². The van der Waals surface area contributed by atoms with Gasteiger partial charge in [-0.3, -0.25) is 19.4 Å². The van der Waals surface area contributed by atoms with Crippen LogP contribution in [0, 0.1) is 0 Å². The van der Waals surface area contributed by atoms with E-state index in [4.69, 9.17) is 4.74 Å². The van der Waals surface area contributed by atoms with Gasteiger partial charge in [0.15, 0.2) is 5.69 Å². The van der Waals surface area contributed by atoms with E-state index in [1.54, 1.807) is 43.9 Å². The predicted molar refractivity (Wildman–Crippen MR) is 128 cm³/mol. The number of fused-ring (bicyclic) bond motifs is 1. The summed E-state index contributed by atoms with van der Waals surface area (Å²) in [5, 5.41) is 5.70. The van der Waals surface area contributed by atoms with Crippen LogP contribution in [0.5, 0.6) is 5.75 Å². The van der Waals surface area contributed by atoms with Crippen molar-refractivity contribution in [2.45, 2.75) is 39.0 Å². The summed E-state index contributed by atoms with van der Waals surface area (Å²) in [6.07, 6.45) is 3.08. The van der Waals surface area contributed by atoms with Crippen LogP contribution in [-0.2, 0) is 24.4 Å². The Bertz CT molecular complexity index is 1220. The third-order valence-corrected chi connectivity index (χ3v) is 6.15. The van der Waals surface area contributed by atoms with Gasteiger partial charge in [0.05, 0.1) is 32.2 Å². The zero-order chi connectivity index (χ0) is 25.0. The summed E-state index contributed by atoms with van der Waals surface area (Å²) < 4.78 is 6.74. The molecule has 10 nitrogen and oxygen atoms in total. The van der Waals surface area contributed by atoms with Crippen LogP contribution in [0.25, 0.3) is 0 Å². The molecule has 0 aliphatic carbocycles. The first-order chi connectivity index (χ1) is 16.9. The Labute approximate surface area is 203 Å². The Morgan fingerprint density at radius 2 is 1.86 bits per heavy atom. The van der Waals surface area contributed by atoms with Gasteiger partial charge in [0, 0.05) is 19.3 Å². The van der Waals surface area contributed by atoms with Crippen molar-refractivity contribution in [3.63, 3.8) is 0 Å². The molecule has 0 fully saturated rings. The molecule has 1 atom stereocenters. The first-order valence-electron chi connectivity index (χ1n) is 11.3. The highest BCUT2D eigenvalue weighted by atomic mass is 16.5. The van der Waals surface area contributed by atoms with E-state index in [-0.39, 0.29) is 30.4 Å². The van der Waals surface area contributed by atoms with Gasteiger partial charge in [-0.2, -0.15) is 0 Å². The van der Waals surface area contributed by atoms with E-state index in [0.717, 1.165) is 11.3 Å². The number of methoxy groups -OCH3 is 1. The Morgan fingerprint density at radius 1 is 1.09 bits per heavy atom. The Balaban J connectivity index is 1.50.